The molecule has 2 aromatic rings. The van der Waals surface area contributed by atoms with Crippen molar-refractivity contribution in [1.29, 1.82) is 0 Å². The van der Waals surface area contributed by atoms with E-state index in [-0.39, 0.29) is 17.3 Å². The van der Waals surface area contributed by atoms with Gasteiger partial charge in [0.05, 0.1) is 11.4 Å². The van der Waals surface area contributed by atoms with Crippen molar-refractivity contribution in [1.82, 2.24) is 9.78 Å². The highest BCUT2D eigenvalue weighted by Crippen LogP contribution is 2.17. The number of benzene rings is 1. The van der Waals surface area contributed by atoms with Gasteiger partial charge in [-0.15, -0.1) is 0 Å². The summed E-state index contributed by atoms with van der Waals surface area (Å²) < 4.78 is 40.2. The van der Waals surface area contributed by atoms with Crippen LogP contribution in [0.15, 0.2) is 16.9 Å². The molecule has 4 nitrogen and oxygen atoms in total. The molecule has 1 aromatic carbocycles. The molecule has 0 aliphatic heterocycles. The second kappa shape index (κ2) is 5.07. The molecule has 0 saturated heterocycles. The lowest BCUT2D eigenvalue weighted by molar-refractivity contribution is 0.445. The molecule has 0 unspecified atom stereocenters. The number of hydrogen-bond donors (Lipinski definition) is 2. The lowest BCUT2D eigenvalue weighted by atomic mass is 10.1. The summed E-state index contributed by atoms with van der Waals surface area (Å²) in [5, 5.41) is 2.69. The Balaban J connectivity index is 2.56. The van der Waals surface area contributed by atoms with Crippen molar-refractivity contribution >= 4 is 5.69 Å². The predicted molar refractivity (Wildman–Crippen MR) is 69.2 cm³/mol. The molecule has 1 heterocycles. The fraction of sp³-hybridized carbons (Fsp3) is 0.308. The molecule has 0 fully saturated rings. The zero-order valence-electron chi connectivity index (χ0n) is 11.0. The van der Waals surface area contributed by atoms with Crippen LogP contribution >= 0.6 is 0 Å². The Morgan fingerprint density at radius 1 is 1.25 bits per heavy atom. The largest absolute Gasteiger partial charge is 0.393 e. The number of halogens is 3. The summed E-state index contributed by atoms with van der Waals surface area (Å²) in [7, 11) is 0. The molecule has 1 aromatic heterocycles. The zero-order chi connectivity index (χ0) is 15.0. The van der Waals surface area contributed by atoms with Crippen molar-refractivity contribution in [2.75, 3.05) is 5.73 Å². The molecule has 3 N–H and O–H groups in total. The number of aromatic nitrogens is 2. The van der Waals surface area contributed by atoms with Crippen molar-refractivity contribution in [3.05, 3.63) is 45.6 Å². The molecular weight excluding hydrogens is 271 g/mol. The number of rotatable bonds is 3. The maximum absolute atomic E-state index is 13.2. The summed E-state index contributed by atoms with van der Waals surface area (Å²) in [6.07, 6.45) is 0.514. The third-order valence-electron chi connectivity index (χ3n) is 2.84. The number of hydrogen-bond acceptors (Lipinski definition) is 2. The van der Waals surface area contributed by atoms with Gasteiger partial charge >= 0.3 is 0 Å². The first-order chi connectivity index (χ1) is 9.31. The van der Waals surface area contributed by atoms with Gasteiger partial charge in [-0.25, -0.2) is 17.9 Å². The van der Waals surface area contributed by atoms with Crippen LogP contribution in [-0.4, -0.2) is 9.78 Å². The lowest BCUT2D eigenvalue weighted by Crippen LogP contribution is -2.17. The molecule has 0 aliphatic carbocycles. The number of nitrogens with two attached hydrogens (primary N) is 1. The first kappa shape index (κ1) is 14.2. The van der Waals surface area contributed by atoms with Gasteiger partial charge in [-0.2, -0.15) is 0 Å². The topological polar surface area (TPSA) is 63.8 Å². The van der Waals surface area contributed by atoms with E-state index in [1.165, 1.54) is 0 Å². The summed E-state index contributed by atoms with van der Waals surface area (Å²) in [4.78, 5) is 11.9. The van der Waals surface area contributed by atoms with Crippen LogP contribution in [0.3, 0.4) is 0 Å². The maximum atomic E-state index is 13.2. The van der Waals surface area contributed by atoms with Crippen molar-refractivity contribution in [2.24, 2.45) is 5.92 Å². The molecule has 0 saturated carbocycles. The average molecular weight is 285 g/mol. The van der Waals surface area contributed by atoms with Gasteiger partial charge in [0.1, 0.15) is 5.69 Å². The molecule has 0 amide bonds. The third-order valence-corrected chi connectivity index (χ3v) is 2.84. The van der Waals surface area contributed by atoms with Gasteiger partial charge in [-0.1, -0.05) is 13.8 Å². The summed E-state index contributed by atoms with van der Waals surface area (Å²) in [5.74, 6) is -4.08. The highest BCUT2D eigenvalue weighted by molar-refractivity contribution is 5.45. The highest BCUT2D eigenvalue weighted by Gasteiger charge is 2.17. The van der Waals surface area contributed by atoms with E-state index >= 15 is 0 Å². The number of nitrogens with one attached hydrogen (secondary N) is 1. The van der Waals surface area contributed by atoms with Gasteiger partial charge in [0.25, 0.3) is 5.56 Å². The Morgan fingerprint density at radius 2 is 1.80 bits per heavy atom. The van der Waals surface area contributed by atoms with E-state index in [1.807, 2.05) is 13.8 Å². The van der Waals surface area contributed by atoms with E-state index in [9.17, 15) is 18.0 Å². The van der Waals surface area contributed by atoms with Crippen LogP contribution in [0.25, 0.3) is 5.69 Å². The normalized spacial score (nSPS) is 11.3. The molecule has 0 radical (unpaired) electrons. The number of aromatic amines is 1. The highest BCUT2D eigenvalue weighted by atomic mass is 19.2. The van der Waals surface area contributed by atoms with Gasteiger partial charge in [0.2, 0.25) is 0 Å². The average Bonchev–Trinajstić information content (AvgIpc) is 2.63. The van der Waals surface area contributed by atoms with Gasteiger partial charge in [0, 0.05) is 12.1 Å². The number of anilines is 1. The summed E-state index contributed by atoms with van der Waals surface area (Å²) in [5.41, 5.74) is 5.38. The van der Waals surface area contributed by atoms with Crippen molar-refractivity contribution in [3.8, 4) is 5.69 Å². The standard InChI is InChI=1S/C13H14F3N3O/c1-6(2)3-10-12(17)13(20)19(18-10)7-4-8(14)11(16)9(15)5-7/h4-6,18H,3,17H2,1-2H3. The quantitative estimate of drug-likeness (QED) is 0.850. The molecular formula is C13H14F3N3O. The first-order valence-corrected chi connectivity index (χ1v) is 6.05. The summed E-state index contributed by atoms with van der Waals surface area (Å²) in [6.45, 7) is 3.87. The Hall–Kier alpha value is -2.18. The monoisotopic (exact) mass is 285 g/mol. The molecule has 7 heteroatoms. The van der Waals surface area contributed by atoms with Gasteiger partial charge in [-0.3, -0.25) is 9.89 Å². The fourth-order valence-corrected chi connectivity index (χ4v) is 1.91. The summed E-state index contributed by atoms with van der Waals surface area (Å²) >= 11 is 0. The van der Waals surface area contributed by atoms with Crippen molar-refractivity contribution in [2.45, 2.75) is 20.3 Å². The Morgan fingerprint density at radius 3 is 2.30 bits per heavy atom. The molecule has 2 rings (SSSR count). The number of nitrogen functional groups attached to an aromatic ring is 1. The SMILES string of the molecule is CC(C)Cc1[nH]n(-c2cc(F)c(F)c(F)c2)c(=O)c1N. The predicted octanol–water partition coefficient (Wildman–Crippen LogP) is 2.36. The van der Waals surface area contributed by atoms with E-state index in [0.717, 1.165) is 16.8 Å². The van der Waals surface area contributed by atoms with E-state index in [2.05, 4.69) is 5.10 Å². The van der Waals surface area contributed by atoms with Crippen LogP contribution in [0.5, 0.6) is 0 Å². The van der Waals surface area contributed by atoms with E-state index in [4.69, 9.17) is 5.73 Å². The Kier molecular flexibility index (Phi) is 3.61. The third kappa shape index (κ3) is 2.43. The van der Waals surface area contributed by atoms with Crippen molar-refractivity contribution in [3.63, 3.8) is 0 Å². The van der Waals surface area contributed by atoms with Gasteiger partial charge in [0.15, 0.2) is 17.5 Å². The Bertz CT molecular complexity index is 680. The van der Waals surface area contributed by atoms with Crippen LogP contribution in [0.1, 0.15) is 19.5 Å². The lowest BCUT2D eigenvalue weighted by Gasteiger charge is -2.05. The zero-order valence-corrected chi connectivity index (χ0v) is 11.0. The molecule has 0 atom stereocenters. The van der Waals surface area contributed by atoms with Crippen LogP contribution in [0.2, 0.25) is 0 Å². The minimum absolute atomic E-state index is 0.0103. The fourth-order valence-electron chi connectivity index (χ4n) is 1.91. The van der Waals surface area contributed by atoms with Crippen LogP contribution in [0.4, 0.5) is 18.9 Å². The van der Waals surface area contributed by atoms with Crippen LogP contribution in [-0.2, 0) is 6.42 Å². The van der Waals surface area contributed by atoms with Gasteiger partial charge < -0.3 is 5.73 Å². The van der Waals surface area contributed by atoms with E-state index in [1.54, 1.807) is 0 Å². The smallest absolute Gasteiger partial charge is 0.294 e. The van der Waals surface area contributed by atoms with Crippen molar-refractivity contribution < 1.29 is 13.2 Å². The molecule has 0 bridgehead atoms. The molecule has 0 aliphatic rings. The first-order valence-electron chi connectivity index (χ1n) is 6.05. The van der Waals surface area contributed by atoms with E-state index in [0.29, 0.717) is 12.1 Å². The number of nitrogens with zero attached hydrogens (tertiary/aromatic N) is 1. The second-order valence-corrected chi connectivity index (χ2v) is 4.97. The Labute approximate surface area is 113 Å². The van der Waals surface area contributed by atoms with Crippen LogP contribution < -0.4 is 11.3 Å². The molecule has 20 heavy (non-hydrogen) atoms. The van der Waals surface area contributed by atoms with Gasteiger partial charge in [-0.05, 0) is 12.3 Å². The van der Waals surface area contributed by atoms with Crippen LogP contribution in [0, 0.1) is 23.4 Å². The maximum Gasteiger partial charge on any atom is 0.294 e. The van der Waals surface area contributed by atoms with E-state index < -0.39 is 23.0 Å². The summed E-state index contributed by atoms with van der Waals surface area (Å²) in [6, 6.07) is 1.46. The molecule has 108 valence electrons. The minimum Gasteiger partial charge on any atom is -0.393 e. The minimum atomic E-state index is -1.58. The number of H-pyrrole nitrogens is 1. The second-order valence-electron chi connectivity index (χ2n) is 4.97. The molecule has 0 spiro atoms.